The van der Waals surface area contributed by atoms with Gasteiger partial charge in [-0.05, 0) is 98.7 Å². The van der Waals surface area contributed by atoms with E-state index in [4.69, 9.17) is 4.98 Å². The molecule has 0 aliphatic carbocycles. The molecular formula is C59H54F4N12O6S. The van der Waals surface area contributed by atoms with Crippen LogP contribution in [0.25, 0.3) is 22.5 Å². The molecule has 18 nitrogen and oxygen atoms in total. The molecule has 0 bridgehead atoms. The second-order valence-corrected chi connectivity index (χ2v) is 21.3. The number of likely N-dealkylation sites (N-methyl/N-ethyl adjacent to an activating group) is 1. The fraction of sp³-hybridized carbons (Fsp3) is 0.186. The van der Waals surface area contributed by atoms with Crippen molar-refractivity contribution in [1.82, 2.24) is 46.1 Å². The van der Waals surface area contributed by atoms with Crippen LogP contribution in [0.15, 0.2) is 139 Å². The van der Waals surface area contributed by atoms with E-state index >= 15 is 0 Å². The number of halogens is 4. The van der Waals surface area contributed by atoms with Gasteiger partial charge in [0.25, 0.3) is 11.8 Å². The molecule has 0 unspecified atom stereocenters. The molecule has 82 heavy (non-hydrogen) atoms. The summed E-state index contributed by atoms with van der Waals surface area (Å²) >= 11 is 0. The number of aromatic nitrogens is 4. The summed E-state index contributed by atoms with van der Waals surface area (Å²) in [6.07, 6.45) is 0.885. The van der Waals surface area contributed by atoms with E-state index in [0.717, 1.165) is 58.2 Å². The normalized spacial score (nSPS) is 12.8. The Morgan fingerprint density at radius 2 is 1.01 bits per heavy atom. The SMILES string of the molecule is Cc1ccc(C(=O)NCc2ccccc2)cc1-c1nc(NCCN(C)C)nc2c1CNC(=O)N2c1c(F)cccc1F.Cc1ccc(C(=O)NCc2ccccc2)cc1-c1nc(S(C)(=O)=O)nc2c1CNC(=O)N2c1c(F)cccc1F. The van der Waals surface area contributed by atoms with Gasteiger partial charge in [-0.25, -0.2) is 55.3 Å². The Kier molecular flexibility index (Phi) is 17.0. The van der Waals surface area contributed by atoms with Gasteiger partial charge in [0, 0.05) is 65.8 Å². The number of anilines is 5. The van der Waals surface area contributed by atoms with Gasteiger partial charge >= 0.3 is 12.1 Å². The lowest BCUT2D eigenvalue weighted by molar-refractivity contribution is 0.0943. The highest BCUT2D eigenvalue weighted by molar-refractivity contribution is 7.90. The van der Waals surface area contributed by atoms with Crippen molar-refractivity contribution < 1.29 is 45.2 Å². The van der Waals surface area contributed by atoms with Gasteiger partial charge in [-0.2, -0.15) is 9.97 Å². The van der Waals surface area contributed by atoms with Crippen molar-refractivity contribution in [2.24, 2.45) is 0 Å². The second-order valence-electron chi connectivity index (χ2n) is 19.4. The number of benzene rings is 6. The van der Waals surface area contributed by atoms with Crippen LogP contribution >= 0.6 is 0 Å². The number of carbonyl (C=O) groups excluding carboxylic acids is 4. The average molecular weight is 1140 g/mol. The monoisotopic (exact) mass is 1130 g/mol. The van der Waals surface area contributed by atoms with Crippen molar-refractivity contribution in [3.63, 3.8) is 0 Å². The number of sulfone groups is 1. The molecule has 420 valence electrons. The van der Waals surface area contributed by atoms with E-state index in [1.165, 1.54) is 6.07 Å². The molecule has 0 fully saturated rings. The van der Waals surface area contributed by atoms with Crippen LogP contribution in [0.3, 0.4) is 0 Å². The standard InChI is InChI=1S/C31H31F2N7O2.C28H23F2N5O4S/c1-19-12-13-21(29(41)35-17-20-8-5-4-6-9-20)16-22(19)26-23-18-36-31(42)40(27-24(32)10-7-11-25(27)33)28(23)38-30(37-26)34-14-15-39(2)3;1-16-11-12-18(26(36)31-14-17-7-4-3-5-8-17)13-19(16)23-20-15-32-28(37)35(24-21(29)9-6-10-22(24)30)25(20)34-27(33-23)40(2,38)39/h4-13,16H,14-15,17-18H2,1-3H3,(H,35,41)(H,36,42)(H,34,37,38);3-13H,14-15H2,1-2H3,(H,31,36)(H,32,37). The number of para-hydroxylation sites is 2. The topological polar surface area (TPSA) is 224 Å². The number of hydrogen-bond acceptors (Lipinski definition) is 12. The van der Waals surface area contributed by atoms with Gasteiger partial charge in [-0.3, -0.25) is 9.59 Å². The number of nitrogens with zero attached hydrogens (tertiary/aromatic N) is 7. The first-order valence-electron chi connectivity index (χ1n) is 25.6. The molecule has 5 N–H and O–H groups in total. The molecule has 0 saturated heterocycles. The molecule has 2 aliphatic rings. The van der Waals surface area contributed by atoms with Gasteiger partial charge in [-0.15, -0.1) is 0 Å². The van der Waals surface area contributed by atoms with Crippen molar-refractivity contribution in [2.75, 3.05) is 48.6 Å². The molecule has 2 aliphatic heterocycles. The Balaban J connectivity index is 0.000000198. The summed E-state index contributed by atoms with van der Waals surface area (Å²) in [6.45, 7) is 5.29. The summed E-state index contributed by atoms with van der Waals surface area (Å²) in [5.74, 6) is -4.59. The molecule has 0 spiro atoms. The van der Waals surface area contributed by atoms with Crippen molar-refractivity contribution >= 4 is 62.7 Å². The number of hydrogen-bond donors (Lipinski definition) is 5. The summed E-state index contributed by atoms with van der Waals surface area (Å²) in [6, 6.07) is 33.9. The van der Waals surface area contributed by atoms with Crippen LogP contribution in [0.4, 0.5) is 56.1 Å². The minimum atomic E-state index is -4.04. The van der Waals surface area contributed by atoms with Crippen LogP contribution in [0.2, 0.25) is 0 Å². The Labute approximate surface area is 469 Å². The zero-order valence-corrected chi connectivity index (χ0v) is 45.8. The third kappa shape index (κ3) is 12.5. The fourth-order valence-corrected chi connectivity index (χ4v) is 9.51. The Bertz CT molecular complexity index is 3860. The van der Waals surface area contributed by atoms with Crippen LogP contribution in [0, 0.1) is 37.1 Å². The van der Waals surface area contributed by atoms with Gasteiger partial charge in [0.15, 0.2) is 11.6 Å². The predicted octanol–water partition coefficient (Wildman–Crippen LogP) is 9.42. The Hall–Kier alpha value is -9.61. The molecule has 0 radical (unpaired) electrons. The van der Waals surface area contributed by atoms with Crippen molar-refractivity contribution in [1.29, 1.82) is 0 Å². The fourth-order valence-electron chi connectivity index (χ4n) is 9.00. The van der Waals surface area contributed by atoms with E-state index in [9.17, 15) is 45.2 Å². The first kappa shape index (κ1) is 57.1. The molecule has 6 amide bonds. The number of carbonyl (C=O) groups is 4. The first-order valence-corrected chi connectivity index (χ1v) is 27.5. The van der Waals surface area contributed by atoms with Crippen LogP contribution < -0.4 is 36.4 Å². The minimum absolute atomic E-state index is 0.0257. The van der Waals surface area contributed by atoms with E-state index in [2.05, 4.69) is 41.5 Å². The lowest BCUT2D eigenvalue weighted by Crippen LogP contribution is -2.43. The Morgan fingerprint density at radius 1 is 0.585 bits per heavy atom. The maximum absolute atomic E-state index is 14.9. The average Bonchev–Trinajstić information content (AvgIpc) is 2.95. The summed E-state index contributed by atoms with van der Waals surface area (Å²) in [4.78, 5) is 73.3. The summed E-state index contributed by atoms with van der Waals surface area (Å²) in [5, 5.41) is 13.5. The highest BCUT2D eigenvalue weighted by Gasteiger charge is 2.37. The number of amides is 6. The van der Waals surface area contributed by atoms with Crippen LogP contribution in [-0.2, 0) is 36.0 Å². The highest BCUT2D eigenvalue weighted by atomic mass is 32.2. The summed E-state index contributed by atoms with van der Waals surface area (Å²) in [5.41, 5.74) is 5.00. The molecule has 6 aromatic carbocycles. The molecule has 10 rings (SSSR count). The molecule has 23 heteroatoms. The van der Waals surface area contributed by atoms with E-state index in [1.807, 2.05) is 92.6 Å². The third-order valence-electron chi connectivity index (χ3n) is 13.2. The number of nitrogens with one attached hydrogen (secondary N) is 5. The lowest BCUT2D eigenvalue weighted by atomic mass is 9.97. The summed E-state index contributed by atoms with van der Waals surface area (Å²) in [7, 11) is -0.192. The van der Waals surface area contributed by atoms with E-state index < -0.39 is 61.7 Å². The second kappa shape index (κ2) is 24.4. The van der Waals surface area contributed by atoms with Gasteiger partial charge in [0.1, 0.15) is 34.6 Å². The molecule has 2 aromatic heterocycles. The van der Waals surface area contributed by atoms with E-state index in [0.29, 0.717) is 64.6 Å². The van der Waals surface area contributed by atoms with Gasteiger partial charge in [0.05, 0.1) is 24.5 Å². The van der Waals surface area contributed by atoms with Gasteiger partial charge in [0.2, 0.25) is 20.9 Å². The number of fused-ring (bicyclic) bond motifs is 2. The smallest absolute Gasteiger partial charge is 0.328 e. The maximum atomic E-state index is 14.9. The quantitative estimate of drug-likeness (QED) is 0.0478. The lowest BCUT2D eigenvalue weighted by Gasteiger charge is -2.31. The van der Waals surface area contributed by atoms with Crippen LogP contribution in [0.5, 0.6) is 0 Å². The zero-order chi connectivity index (χ0) is 58.4. The molecule has 4 heterocycles. The number of rotatable bonds is 15. The van der Waals surface area contributed by atoms with E-state index in [-0.39, 0.29) is 59.3 Å². The minimum Gasteiger partial charge on any atom is -0.353 e. The van der Waals surface area contributed by atoms with Gasteiger partial charge in [-0.1, -0.05) is 84.9 Å². The molecular weight excluding hydrogens is 1080 g/mol. The van der Waals surface area contributed by atoms with Crippen LogP contribution in [0.1, 0.15) is 54.1 Å². The number of urea groups is 2. The third-order valence-corrected chi connectivity index (χ3v) is 14.1. The van der Waals surface area contributed by atoms with E-state index in [1.54, 1.807) is 37.3 Å². The Morgan fingerprint density at radius 3 is 1.44 bits per heavy atom. The maximum Gasteiger partial charge on any atom is 0.328 e. The zero-order valence-electron chi connectivity index (χ0n) is 44.9. The molecule has 0 atom stereocenters. The highest BCUT2D eigenvalue weighted by Crippen LogP contribution is 2.41. The predicted molar refractivity (Wildman–Crippen MR) is 301 cm³/mol. The van der Waals surface area contributed by atoms with Crippen molar-refractivity contribution in [2.45, 2.75) is 45.2 Å². The van der Waals surface area contributed by atoms with Gasteiger partial charge < -0.3 is 31.5 Å². The largest absolute Gasteiger partial charge is 0.353 e. The summed E-state index contributed by atoms with van der Waals surface area (Å²) < 4.78 is 84.7. The van der Waals surface area contributed by atoms with Crippen molar-refractivity contribution in [3.05, 3.63) is 201 Å². The molecule has 8 aromatic rings. The number of aryl methyl sites for hydroxylation is 2. The molecule has 0 saturated carbocycles. The van der Waals surface area contributed by atoms with Crippen LogP contribution in [-0.4, -0.2) is 90.6 Å². The van der Waals surface area contributed by atoms with Crippen molar-refractivity contribution in [3.8, 4) is 22.5 Å². The first-order chi connectivity index (χ1) is 39.3.